The van der Waals surface area contributed by atoms with Gasteiger partial charge in [-0.15, -0.1) is 0 Å². The summed E-state index contributed by atoms with van der Waals surface area (Å²) in [5, 5.41) is 18.4. The SMILES string of the molecule is COCCC(NC(=O)c1c(NC(=O)OCC2c3ccccc3-c3ccccc32)cnn1C)C(=O)O. The van der Waals surface area contributed by atoms with Gasteiger partial charge in [0.05, 0.1) is 11.9 Å². The second-order valence-electron chi connectivity index (χ2n) is 8.13. The van der Waals surface area contributed by atoms with E-state index in [0.717, 1.165) is 22.3 Å². The number of aryl methyl sites for hydroxylation is 1. The molecule has 10 heteroatoms. The second-order valence-corrected chi connectivity index (χ2v) is 8.13. The number of carboxylic acids is 1. The van der Waals surface area contributed by atoms with Gasteiger partial charge in [-0.05, 0) is 22.3 Å². The molecule has 2 amide bonds. The van der Waals surface area contributed by atoms with Gasteiger partial charge in [0.15, 0.2) is 0 Å². The van der Waals surface area contributed by atoms with Gasteiger partial charge in [0.25, 0.3) is 5.91 Å². The van der Waals surface area contributed by atoms with Crippen molar-refractivity contribution in [2.45, 2.75) is 18.4 Å². The number of carbonyl (C=O) groups excluding carboxylic acids is 2. The third kappa shape index (κ3) is 5.02. The number of aromatic nitrogens is 2. The number of hydrogen-bond acceptors (Lipinski definition) is 6. The molecule has 0 aliphatic heterocycles. The van der Waals surface area contributed by atoms with Crippen LogP contribution in [0.5, 0.6) is 0 Å². The molecule has 4 rings (SSSR count). The molecule has 0 saturated heterocycles. The van der Waals surface area contributed by atoms with E-state index in [1.54, 1.807) is 0 Å². The lowest BCUT2D eigenvalue weighted by molar-refractivity contribution is -0.139. The summed E-state index contributed by atoms with van der Waals surface area (Å²) in [5.41, 5.74) is 4.51. The molecule has 0 saturated carbocycles. The molecular formula is C25H26N4O6. The molecular weight excluding hydrogens is 452 g/mol. The maximum absolute atomic E-state index is 12.8. The molecule has 182 valence electrons. The van der Waals surface area contributed by atoms with E-state index in [0.29, 0.717) is 0 Å². The summed E-state index contributed by atoms with van der Waals surface area (Å²) >= 11 is 0. The maximum atomic E-state index is 12.8. The van der Waals surface area contributed by atoms with Crippen molar-refractivity contribution < 1.29 is 29.0 Å². The Balaban J connectivity index is 1.44. The lowest BCUT2D eigenvalue weighted by atomic mass is 9.98. The fraction of sp³-hybridized carbons (Fsp3) is 0.280. The van der Waals surface area contributed by atoms with Gasteiger partial charge in [-0.25, -0.2) is 9.59 Å². The van der Waals surface area contributed by atoms with Crippen LogP contribution >= 0.6 is 0 Å². The summed E-state index contributed by atoms with van der Waals surface area (Å²) in [6, 6.07) is 14.8. The summed E-state index contributed by atoms with van der Waals surface area (Å²) in [6.07, 6.45) is 0.648. The maximum Gasteiger partial charge on any atom is 0.411 e. The predicted molar refractivity (Wildman–Crippen MR) is 127 cm³/mol. The highest BCUT2D eigenvalue weighted by atomic mass is 16.5. The van der Waals surface area contributed by atoms with Gasteiger partial charge in [-0.1, -0.05) is 48.5 Å². The summed E-state index contributed by atoms with van der Waals surface area (Å²) in [7, 11) is 2.96. The number of rotatable bonds is 9. The van der Waals surface area contributed by atoms with Gasteiger partial charge in [0.2, 0.25) is 0 Å². The average molecular weight is 479 g/mol. The highest BCUT2D eigenvalue weighted by Gasteiger charge is 2.30. The molecule has 35 heavy (non-hydrogen) atoms. The van der Waals surface area contributed by atoms with Gasteiger partial charge >= 0.3 is 12.1 Å². The van der Waals surface area contributed by atoms with E-state index >= 15 is 0 Å². The highest BCUT2D eigenvalue weighted by molar-refractivity contribution is 6.02. The van der Waals surface area contributed by atoms with Gasteiger partial charge in [0, 0.05) is 33.1 Å². The largest absolute Gasteiger partial charge is 0.480 e. The van der Waals surface area contributed by atoms with Crippen LogP contribution in [0.3, 0.4) is 0 Å². The Kier molecular flexibility index (Phi) is 7.11. The number of ether oxygens (including phenoxy) is 2. The van der Waals surface area contributed by atoms with Crippen molar-refractivity contribution >= 4 is 23.7 Å². The number of amides is 2. The number of nitrogens with one attached hydrogen (secondary N) is 2. The Labute approximate surface area is 201 Å². The van der Waals surface area contributed by atoms with Crippen molar-refractivity contribution in [3.05, 3.63) is 71.5 Å². The minimum atomic E-state index is -1.19. The second kappa shape index (κ2) is 10.4. The molecule has 0 fully saturated rings. The zero-order valence-electron chi connectivity index (χ0n) is 19.4. The smallest absolute Gasteiger partial charge is 0.411 e. The number of hydrogen-bond donors (Lipinski definition) is 3. The van der Waals surface area contributed by atoms with Gasteiger partial charge in [-0.2, -0.15) is 5.10 Å². The van der Waals surface area contributed by atoms with Gasteiger partial charge in [-0.3, -0.25) is 14.8 Å². The number of carboxylic acid groups (broad SMARTS) is 1. The Hall–Kier alpha value is -4.18. The summed E-state index contributed by atoms with van der Waals surface area (Å²) in [4.78, 5) is 36.9. The Morgan fingerprint density at radius 2 is 1.71 bits per heavy atom. The van der Waals surface area contributed by atoms with Crippen LogP contribution in [0.25, 0.3) is 11.1 Å². The van der Waals surface area contributed by atoms with E-state index in [1.807, 2.05) is 48.5 Å². The minimum Gasteiger partial charge on any atom is -0.480 e. The van der Waals surface area contributed by atoms with Crippen molar-refractivity contribution in [2.75, 3.05) is 25.6 Å². The van der Waals surface area contributed by atoms with Crippen molar-refractivity contribution in [3.63, 3.8) is 0 Å². The third-order valence-corrected chi connectivity index (χ3v) is 5.95. The van der Waals surface area contributed by atoms with Crippen LogP contribution in [0.4, 0.5) is 10.5 Å². The molecule has 3 aromatic rings. The van der Waals surface area contributed by atoms with Gasteiger partial charge in [0.1, 0.15) is 18.3 Å². The standard InChI is InChI=1S/C25H26N4O6/c1-29-22(23(30)27-20(24(31)32)11-12-34-2)21(13-26-29)28-25(33)35-14-19-17-9-5-3-7-15(17)16-8-4-6-10-18(16)19/h3-10,13,19-20H,11-12,14H2,1-2H3,(H,27,30)(H,28,33)(H,31,32). The number of fused-ring (bicyclic) bond motifs is 3. The van der Waals surface area contributed by atoms with Crippen molar-refractivity contribution in [2.24, 2.45) is 7.05 Å². The quantitative estimate of drug-likeness (QED) is 0.431. The fourth-order valence-electron chi connectivity index (χ4n) is 4.26. The molecule has 1 aliphatic carbocycles. The van der Waals surface area contributed by atoms with Crippen LogP contribution < -0.4 is 10.6 Å². The topological polar surface area (TPSA) is 132 Å². The molecule has 2 aromatic carbocycles. The van der Waals surface area contributed by atoms with Crippen LogP contribution in [0.15, 0.2) is 54.7 Å². The van der Waals surface area contributed by atoms with E-state index in [1.165, 1.54) is 25.0 Å². The highest BCUT2D eigenvalue weighted by Crippen LogP contribution is 2.44. The van der Waals surface area contributed by atoms with E-state index in [2.05, 4.69) is 15.7 Å². The van der Waals surface area contributed by atoms with Crippen molar-refractivity contribution in [1.82, 2.24) is 15.1 Å². The predicted octanol–water partition coefficient (Wildman–Crippen LogP) is 3.00. The lowest BCUT2D eigenvalue weighted by Crippen LogP contribution is -2.42. The lowest BCUT2D eigenvalue weighted by Gasteiger charge is -2.16. The average Bonchev–Trinajstić information content (AvgIpc) is 3.37. The van der Waals surface area contributed by atoms with Crippen LogP contribution in [0, 0.1) is 0 Å². The van der Waals surface area contributed by atoms with Crippen molar-refractivity contribution in [3.8, 4) is 11.1 Å². The minimum absolute atomic E-state index is 0.00201. The van der Waals surface area contributed by atoms with E-state index in [9.17, 15) is 19.5 Å². The van der Waals surface area contributed by atoms with Crippen LogP contribution in [-0.4, -0.2) is 59.2 Å². The molecule has 1 aromatic heterocycles. The van der Waals surface area contributed by atoms with Gasteiger partial charge < -0.3 is 19.9 Å². The Morgan fingerprint density at radius 3 is 2.31 bits per heavy atom. The van der Waals surface area contributed by atoms with Crippen LogP contribution in [0.1, 0.15) is 34.0 Å². The molecule has 3 N–H and O–H groups in total. The number of aliphatic carboxylic acids is 1. The molecule has 10 nitrogen and oxygen atoms in total. The Bertz CT molecular complexity index is 1210. The first-order valence-corrected chi connectivity index (χ1v) is 11.1. The number of nitrogens with zero attached hydrogens (tertiary/aromatic N) is 2. The summed E-state index contributed by atoms with van der Waals surface area (Å²) in [5.74, 6) is -1.99. The fourth-order valence-corrected chi connectivity index (χ4v) is 4.26. The number of anilines is 1. The van der Waals surface area contributed by atoms with E-state index < -0.39 is 24.0 Å². The number of benzene rings is 2. The normalized spacial score (nSPS) is 13.0. The van der Waals surface area contributed by atoms with Crippen LogP contribution in [-0.2, 0) is 21.3 Å². The number of methoxy groups -OCH3 is 1. The molecule has 1 atom stereocenters. The van der Waals surface area contributed by atoms with E-state index in [4.69, 9.17) is 9.47 Å². The zero-order valence-corrected chi connectivity index (χ0v) is 19.4. The first-order chi connectivity index (χ1) is 16.9. The first-order valence-electron chi connectivity index (χ1n) is 11.1. The number of carbonyl (C=O) groups is 3. The summed E-state index contributed by atoms with van der Waals surface area (Å²) in [6.45, 7) is 0.271. The molecule has 0 radical (unpaired) electrons. The summed E-state index contributed by atoms with van der Waals surface area (Å²) < 4.78 is 11.7. The zero-order chi connectivity index (χ0) is 24.9. The molecule has 1 heterocycles. The van der Waals surface area contributed by atoms with E-state index in [-0.39, 0.29) is 36.9 Å². The van der Waals surface area contributed by atoms with Crippen LogP contribution in [0.2, 0.25) is 0 Å². The molecule has 1 unspecified atom stereocenters. The molecule has 0 spiro atoms. The monoisotopic (exact) mass is 478 g/mol. The third-order valence-electron chi connectivity index (χ3n) is 5.95. The van der Waals surface area contributed by atoms with Crippen molar-refractivity contribution in [1.29, 1.82) is 0 Å². The first kappa shape index (κ1) is 24.0. The Morgan fingerprint density at radius 1 is 1.09 bits per heavy atom. The molecule has 0 bridgehead atoms. The molecule has 1 aliphatic rings.